The summed E-state index contributed by atoms with van der Waals surface area (Å²) < 4.78 is 5.08. The van der Waals surface area contributed by atoms with E-state index in [-0.39, 0.29) is 5.91 Å². The van der Waals surface area contributed by atoms with Gasteiger partial charge in [0.05, 0.1) is 18.7 Å². The normalized spacial score (nSPS) is 14.8. The summed E-state index contributed by atoms with van der Waals surface area (Å²) in [5.41, 5.74) is 2.97. The number of anilines is 2. The topological polar surface area (TPSA) is 61.9 Å². The smallest absolute Gasteiger partial charge is 0.341 e. The number of nitrogens with zero attached hydrogens (tertiary/aromatic N) is 2. The van der Waals surface area contributed by atoms with Gasteiger partial charge < -0.3 is 15.0 Å². The lowest BCUT2D eigenvalue weighted by atomic mass is 10.1. The average Bonchev–Trinajstić information content (AvgIpc) is 3.03. The Morgan fingerprint density at radius 3 is 2.54 bits per heavy atom. The van der Waals surface area contributed by atoms with Crippen molar-refractivity contribution in [3.8, 4) is 0 Å². The number of ether oxygens (including phenoxy) is 1. The van der Waals surface area contributed by atoms with E-state index < -0.39 is 5.97 Å². The highest BCUT2D eigenvalue weighted by atomic mass is 32.1. The maximum atomic E-state index is 12.5. The summed E-state index contributed by atoms with van der Waals surface area (Å²) in [6.07, 6.45) is 0. The van der Waals surface area contributed by atoms with E-state index in [1.165, 1.54) is 22.6 Å². The lowest BCUT2D eigenvalue weighted by Gasteiger charge is -2.36. The van der Waals surface area contributed by atoms with Crippen LogP contribution in [-0.4, -0.2) is 56.1 Å². The number of nitrogens with one attached hydrogen (secondary N) is 1. The number of esters is 1. The van der Waals surface area contributed by atoms with Crippen LogP contribution in [0.3, 0.4) is 0 Å². The van der Waals surface area contributed by atoms with Gasteiger partial charge in [-0.15, -0.1) is 11.3 Å². The fraction of sp³-hybridized carbons (Fsp3) is 0.429. The molecule has 1 aromatic carbocycles. The summed E-state index contributed by atoms with van der Waals surface area (Å²) in [6, 6.07) is 10.1. The molecule has 1 amide bonds. The maximum Gasteiger partial charge on any atom is 0.341 e. The number of benzene rings is 1. The Morgan fingerprint density at radius 2 is 1.86 bits per heavy atom. The van der Waals surface area contributed by atoms with Gasteiger partial charge in [0.15, 0.2) is 0 Å². The number of carbonyl (C=O) groups excluding carboxylic acids is 2. The molecule has 2 heterocycles. The van der Waals surface area contributed by atoms with Crippen LogP contribution in [0.5, 0.6) is 0 Å². The van der Waals surface area contributed by atoms with Gasteiger partial charge in [-0.05, 0) is 38.5 Å². The van der Waals surface area contributed by atoms with Crippen molar-refractivity contribution < 1.29 is 14.3 Å². The molecule has 1 aliphatic rings. The van der Waals surface area contributed by atoms with Crippen LogP contribution < -0.4 is 10.2 Å². The van der Waals surface area contributed by atoms with E-state index >= 15 is 0 Å². The van der Waals surface area contributed by atoms with Crippen molar-refractivity contribution in [2.45, 2.75) is 20.8 Å². The van der Waals surface area contributed by atoms with Crippen molar-refractivity contribution in [1.82, 2.24) is 4.90 Å². The first kappa shape index (κ1) is 20.4. The second-order valence-corrected chi connectivity index (χ2v) is 8.17. The quantitative estimate of drug-likeness (QED) is 0.753. The number of piperazine rings is 1. The summed E-state index contributed by atoms with van der Waals surface area (Å²) in [6.45, 7) is 9.88. The Labute approximate surface area is 170 Å². The van der Waals surface area contributed by atoms with E-state index in [9.17, 15) is 9.59 Å². The zero-order valence-electron chi connectivity index (χ0n) is 16.7. The summed E-state index contributed by atoms with van der Waals surface area (Å²) in [5, 5.41) is 3.46. The van der Waals surface area contributed by atoms with Crippen molar-refractivity contribution in [1.29, 1.82) is 0 Å². The fourth-order valence-electron chi connectivity index (χ4n) is 3.40. The third-order valence-electron chi connectivity index (χ3n) is 4.80. The van der Waals surface area contributed by atoms with E-state index in [0.29, 0.717) is 23.7 Å². The van der Waals surface area contributed by atoms with Crippen molar-refractivity contribution in [3.05, 3.63) is 46.3 Å². The van der Waals surface area contributed by atoms with Gasteiger partial charge in [0.2, 0.25) is 5.91 Å². The Bertz CT molecular complexity index is 841. The van der Waals surface area contributed by atoms with E-state index in [0.717, 1.165) is 31.1 Å². The van der Waals surface area contributed by atoms with Crippen LogP contribution in [0.1, 0.15) is 27.7 Å². The number of amides is 1. The molecule has 7 heteroatoms. The summed E-state index contributed by atoms with van der Waals surface area (Å²) >= 11 is 1.40. The number of carbonyl (C=O) groups is 2. The van der Waals surface area contributed by atoms with Gasteiger partial charge in [0.25, 0.3) is 0 Å². The molecule has 1 saturated heterocycles. The van der Waals surface area contributed by atoms with Crippen LogP contribution in [0.2, 0.25) is 0 Å². The van der Waals surface area contributed by atoms with E-state index in [2.05, 4.69) is 46.3 Å². The molecule has 0 bridgehead atoms. The van der Waals surface area contributed by atoms with Crippen LogP contribution in [0.4, 0.5) is 10.7 Å². The Hall–Kier alpha value is -2.38. The molecule has 1 N–H and O–H groups in total. The van der Waals surface area contributed by atoms with E-state index in [1.807, 2.05) is 6.92 Å². The third kappa shape index (κ3) is 4.91. The second kappa shape index (κ2) is 9.21. The van der Waals surface area contributed by atoms with Gasteiger partial charge in [-0.3, -0.25) is 9.69 Å². The van der Waals surface area contributed by atoms with E-state index in [1.54, 1.807) is 13.0 Å². The van der Waals surface area contributed by atoms with Crippen molar-refractivity contribution in [2.24, 2.45) is 0 Å². The fourth-order valence-corrected chi connectivity index (χ4v) is 4.32. The van der Waals surface area contributed by atoms with Gasteiger partial charge in [-0.1, -0.05) is 18.2 Å². The third-order valence-corrected chi connectivity index (χ3v) is 5.77. The SMILES string of the molecule is CCOC(=O)c1cc(C)sc1NC(=O)CN1CCN(c2ccccc2C)CC1. The highest BCUT2D eigenvalue weighted by molar-refractivity contribution is 7.16. The first-order chi connectivity index (χ1) is 13.5. The van der Waals surface area contributed by atoms with Crippen LogP contribution in [0.15, 0.2) is 30.3 Å². The molecule has 150 valence electrons. The molecule has 0 aliphatic carbocycles. The lowest BCUT2D eigenvalue weighted by Crippen LogP contribution is -2.48. The van der Waals surface area contributed by atoms with Crippen molar-refractivity contribution in [3.63, 3.8) is 0 Å². The van der Waals surface area contributed by atoms with Gasteiger partial charge in [-0.2, -0.15) is 0 Å². The highest BCUT2D eigenvalue weighted by Crippen LogP contribution is 2.28. The Morgan fingerprint density at radius 1 is 1.14 bits per heavy atom. The molecule has 1 fully saturated rings. The van der Waals surface area contributed by atoms with Gasteiger partial charge in [0, 0.05) is 36.7 Å². The standard InChI is InChI=1S/C21H27N3O3S/c1-4-27-21(26)17-13-16(3)28-20(17)22-19(25)14-23-9-11-24(12-10-23)18-8-6-5-7-15(18)2/h5-8,13H,4,9-12,14H2,1-3H3,(H,22,25). The van der Waals surface area contributed by atoms with E-state index in [4.69, 9.17) is 4.74 Å². The largest absolute Gasteiger partial charge is 0.462 e. The molecule has 6 nitrogen and oxygen atoms in total. The number of rotatable bonds is 6. The van der Waals surface area contributed by atoms with Crippen molar-refractivity contribution >= 4 is 33.9 Å². The second-order valence-electron chi connectivity index (χ2n) is 6.92. The predicted octanol–water partition coefficient (Wildman–Crippen LogP) is 3.30. The van der Waals surface area contributed by atoms with Gasteiger partial charge >= 0.3 is 5.97 Å². The zero-order chi connectivity index (χ0) is 20.1. The van der Waals surface area contributed by atoms with Crippen LogP contribution in [0, 0.1) is 13.8 Å². The molecule has 28 heavy (non-hydrogen) atoms. The van der Waals surface area contributed by atoms with Crippen LogP contribution in [0.25, 0.3) is 0 Å². The molecular weight excluding hydrogens is 374 g/mol. The van der Waals surface area contributed by atoms with Gasteiger partial charge in [-0.25, -0.2) is 4.79 Å². The van der Waals surface area contributed by atoms with Crippen LogP contribution >= 0.6 is 11.3 Å². The number of hydrogen-bond acceptors (Lipinski definition) is 6. The number of hydrogen-bond donors (Lipinski definition) is 1. The zero-order valence-corrected chi connectivity index (χ0v) is 17.5. The molecule has 0 saturated carbocycles. The monoisotopic (exact) mass is 401 g/mol. The maximum absolute atomic E-state index is 12.5. The summed E-state index contributed by atoms with van der Waals surface area (Å²) in [5.74, 6) is -0.495. The highest BCUT2D eigenvalue weighted by Gasteiger charge is 2.22. The minimum Gasteiger partial charge on any atom is -0.462 e. The number of aryl methyl sites for hydroxylation is 2. The molecule has 3 rings (SSSR count). The minimum absolute atomic E-state index is 0.100. The Kier molecular flexibility index (Phi) is 6.70. The van der Waals surface area contributed by atoms with Crippen LogP contribution in [-0.2, 0) is 9.53 Å². The molecule has 0 unspecified atom stereocenters. The van der Waals surface area contributed by atoms with Gasteiger partial charge in [0.1, 0.15) is 5.00 Å². The Balaban J connectivity index is 1.54. The molecule has 1 aliphatic heterocycles. The molecule has 2 aromatic rings. The summed E-state index contributed by atoms with van der Waals surface area (Å²) in [4.78, 5) is 30.1. The number of para-hydroxylation sites is 1. The molecule has 0 spiro atoms. The predicted molar refractivity (Wildman–Crippen MR) is 113 cm³/mol. The minimum atomic E-state index is -0.394. The lowest BCUT2D eigenvalue weighted by molar-refractivity contribution is -0.117. The first-order valence-electron chi connectivity index (χ1n) is 9.58. The first-order valence-corrected chi connectivity index (χ1v) is 10.4. The molecule has 1 aromatic heterocycles. The molecule has 0 radical (unpaired) electrons. The molecular formula is C21H27N3O3S. The number of thiophene rings is 1. The summed E-state index contributed by atoms with van der Waals surface area (Å²) in [7, 11) is 0. The van der Waals surface area contributed by atoms with Crippen molar-refractivity contribution in [2.75, 3.05) is 49.5 Å². The molecule has 0 atom stereocenters. The average molecular weight is 402 g/mol.